The predicted octanol–water partition coefficient (Wildman–Crippen LogP) is 2.19. The minimum atomic E-state index is 0.580. The van der Waals surface area contributed by atoms with Crippen molar-refractivity contribution < 1.29 is 0 Å². The fourth-order valence-electron chi connectivity index (χ4n) is 1.24. The summed E-state index contributed by atoms with van der Waals surface area (Å²) in [6.45, 7) is 0. The Balaban J connectivity index is 2.48. The molecule has 2 rings (SSSR count). The smallest absolute Gasteiger partial charge is 0.128 e. The van der Waals surface area contributed by atoms with E-state index in [-0.39, 0.29) is 0 Å². The topological polar surface area (TPSA) is 38.9 Å². The molecule has 0 unspecified atom stereocenters. The zero-order valence-corrected chi connectivity index (χ0v) is 6.80. The Morgan fingerprint density at radius 2 is 2.27 bits per heavy atom. The van der Waals surface area contributed by atoms with Gasteiger partial charge in [0.15, 0.2) is 0 Å². The van der Waals surface area contributed by atoms with Gasteiger partial charge in [0.25, 0.3) is 0 Å². The molecule has 1 fully saturated rings. The lowest BCUT2D eigenvalue weighted by Gasteiger charge is -2.03. The van der Waals surface area contributed by atoms with Crippen LogP contribution in [0.25, 0.3) is 0 Å². The highest BCUT2D eigenvalue weighted by molar-refractivity contribution is 6.31. The second kappa shape index (κ2) is 2.38. The number of halogens is 1. The lowest BCUT2D eigenvalue weighted by Crippen LogP contribution is -1.96. The molecule has 1 aliphatic carbocycles. The number of hydrogen-bond acceptors (Lipinski definition) is 2. The monoisotopic (exact) mass is 168 g/mol. The first-order chi connectivity index (χ1) is 5.29. The molecule has 2 nitrogen and oxygen atoms in total. The van der Waals surface area contributed by atoms with Crippen LogP contribution in [0.15, 0.2) is 12.3 Å². The molecule has 11 heavy (non-hydrogen) atoms. The summed E-state index contributed by atoms with van der Waals surface area (Å²) in [4.78, 5) is 3.99. The first kappa shape index (κ1) is 6.92. The van der Waals surface area contributed by atoms with Crippen LogP contribution >= 0.6 is 11.6 Å². The molecule has 0 atom stereocenters. The molecule has 1 aliphatic rings. The van der Waals surface area contributed by atoms with E-state index in [1.165, 1.54) is 12.8 Å². The Hall–Kier alpha value is -0.760. The van der Waals surface area contributed by atoms with Crippen LogP contribution in [-0.2, 0) is 0 Å². The summed E-state index contributed by atoms with van der Waals surface area (Å²) in [7, 11) is 0. The fraction of sp³-hybridized carbons (Fsp3) is 0.375. The second-order valence-corrected chi connectivity index (χ2v) is 3.27. The largest absolute Gasteiger partial charge is 0.383 e. The molecule has 0 saturated heterocycles. The lowest BCUT2D eigenvalue weighted by molar-refractivity contribution is 1.10. The van der Waals surface area contributed by atoms with Gasteiger partial charge in [-0.3, -0.25) is 0 Å². The Labute approximate surface area is 70.4 Å². The minimum absolute atomic E-state index is 0.580. The van der Waals surface area contributed by atoms with Gasteiger partial charge in [-0.1, -0.05) is 11.6 Å². The van der Waals surface area contributed by atoms with Gasteiger partial charge in [-0.15, -0.1) is 0 Å². The van der Waals surface area contributed by atoms with Gasteiger partial charge in [0.05, 0.1) is 0 Å². The first-order valence-corrected chi connectivity index (χ1v) is 4.06. The van der Waals surface area contributed by atoms with Crippen molar-refractivity contribution in [1.29, 1.82) is 0 Å². The molecule has 58 valence electrons. The second-order valence-electron chi connectivity index (χ2n) is 2.87. The highest BCUT2D eigenvalue weighted by Gasteiger charge is 2.28. The maximum Gasteiger partial charge on any atom is 0.128 e. The van der Waals surface area contributed by atoms with Crippen LogP contribution < -0.4 is 5.73 Å². The standard InChI is InChI=1S/C8H9ClN2/c9-6-3-4-11-8(10)7(6)5-1-2-5/h3-5H,1-2H2,(H2,10,11). The van der Waals surface area contributed by atoms with Crippen molar-refractivity contribution in [2.24, 2.45) is 0 Å². The molecule has 0 aromatic carbocycles. The van der Waals surface area contributed by atoms with Gasteiger partial charge in [-0.05, 0) is 24.8 Å². The predicted molar refractivity (Wildman–Crippen MR) is 45.6 cm³/mol. The molecule has 1 saturated carbocycles. The molecule has 2 N–H and O–H groups in total. The van der Waals surface area contributed by atoms with Gasteiger partial charge in [0, 0.05) is 16.8 Å². The SMILES string of the molecule is Nc1nccc(Cl)c1C1CC1. The van der Waals surface area contributed by atoms with E-state index in [1.54, 1.807) is 12.3 Å². The number of aromatic nitrogens is 1. The summed E-state index contributed by atoms with van der Waals surface area (Å²) in [5.74, 6) is 1.18. The van der Waals surface area contributed by atoms with Crippen LogP contribution in [0.3, 0.4) is 0 Å². The van der Waals surface area contributed by atoms with E-state index >= 15 is 0 Å². The average molecular weight is 169 g/mol. The van der Waals surface area contributed by atoms with E-state index in [9.17, 15) is 0 Å². The Morgan fingerprint density at radius 1 is 1.55 bits per heavy atom. The van der Waals surface area contributed by atoms with Crippen molar-refractivity contribution in [3.63, 3.8) is 0 Å². The first-order valence-electron chi connectivity index (χ1n) is 3.69. The molecule has 0 bridgehead atoms. The maximum atomic E-state index is 5.94. The van der Waals surface area contributed by atoms with Crippen molar-refractivity contribution in [2.75, 3.05) is 5.73 Å². The molecule has 1 aromatic rings. The van der Waals surface area contributed by atoms with E-state index in [2.05, 4.69) is 4.98 Å². The molecule has 1 heterocycles. The van der Waals surface area contributed by atoms with Crippen molar-refractivity contribution >= 4 is 17.4 Å². The molecule has 3 heteroatoms. The van der Waals surface area contributed by atoms with Gasteiger partial charge < -0.3 is 5.73 Å². The third kappa shape index (κ3) is 1.18. The zero-order valence-electron chi connectivity index (χ0n) is 6.05. The van der Waals surface area contributed by atoms with E-state index in [0.717, 1.165) is 10.6 Å². The van der Waals surface area contributed by atoms with Crippen LogP contribution in [-0.4, -0.2) is 4.98 Å². The van der Waals surface area contributed by atoms with E-state index in [1.807, 2.05) is 0 Å². The lowest BCUT2D eigenvalue weighted by atomic mass is 10.2. The summed E-state index contributed by atoms with van der Waals surface area (Å²) in [6.07, 6.45) is 4.05. The van der Waals surface area contributed by atoms with Gasteiger partial charge in [0.1, 0.15) is 5.82 Å². The van der Waals surface area contributed by atoms with Gasteiger partial charge in [0.2, 0.25) is 0 Å². The van der Waals surface area contributed by atoms with Gasteiger partial charge in [-0.2, -0.15) is 0 Å². The molecule has 0 amide bonds. The van der Waals surface area contributed by atoms with Crippen LogP contribution in [0.5, 0.6) is 0 Å². The Morgan fingerprint density at radius 3 is 2.82 bits per heavy atom. The number of hydrogen-bond donors (Lipinski definition) is 1. The van der Waals surface area contributed by atoms with Crippen molar-refractivity contribution in [2.45, 2.75) is 18.8 Å². The van der Waals surface area contributed by atoms with Crippen LogP contribution in [0.4, 0.5) is 5.82 Å². The highest BCUT2D eigenvalue weighted by atomic mass is 35.5. The Kier molecular flexibility index (Phi) is 1.50. The van der Waals surface area contributed by atoms with Gasteiger partial charge >= 0.3 is 0 Å². The molecule has 0 aliphatic heterocycles. The molecule has 0 radical (unpaired) electrons. The van der Waals surface area contributed by atoms with Crippen molar-refractivity contribution in [3.8, 4) is 0 Å². The number of pyridine rings is 1. The number of nitrogens with two attached hydrogens (primary N) is 1. The van der Waals surface area contributed by atoms with E-state index in [4.69, 9.17) is 17.3 Å². The van der Waals surface area contributed by atoms with Crippen LogP contribution in [0, 0.1) is 0 Å². The fourth-order valence-corrected chi connectivity index (χ4v) is 1.55. The molecular weight excluding hydrogens is 160 g/mol. The number of rotatable bonds is 1. The molecule has 1 aromatic heterocycles. The zero-order chi connectivity index (χ0) is 7.84. The Bertz CT molecular complexity index is 261. The van der Waals surface area contributed by atoms with Crippen molar-refractivity contribution in [1.82, 2.24) is 4.98 Å². The third-order valence-corrected chi connectivity index (χ3v) is 2.28. The van der Waals surface area contributed by atoms with E-state index in [0.29, 0.717) is 11.7 Å². The van der Waals surface area contributed by atoms with E-state index < -0.39 is 0 Å². The maximum absolute atomic E-state index is 5.94. The number of anilines is 1. The highest BCUT2D eigenvalue weighted by Crippen LogP contribution is 2.45. The average Bonchev–Trinajstić information content (AvgIpc) is 2.70. The third-order valence-electron chi connectivity index (χ3n) is 1.95. The van der Waals surface area contributed by atoms with Crippen LogP contribution in [0.1, 0.15) is 24.3 Å². The summed E-state index contributed by atoms with van der Waals surface area (Å²) in [6, 6.07) is 1.80. The van der Waals surface area contributed by atoms with Gasteiger partial charge in [-0.25, -0.2) is 4.98 Å². The summed E-state index contributed by atoms with van der Waals surface area (Å²) in [5, 5.41) is 0.764. The van der Waals surface area contributed by atoms with Crippen molar-refractivity contribution in [3.05, 3.63) is 22.8 Å². The summed E-state index contributed by atoms with van der Waals surface area (Å²) in [5.41, 5.74) is 6.72. The molecule has 0 spiro atoms. The summed E-state index contributed by atoms with van der Waals surface area (Å²) >= 11 is 5.94. The minimum Gasteiger partial charge on any atom is -0.383 e. The number of nitrogens with zero attached hydrogens (tertiary/aromatic N) is 1. The molecular formula is C8H9ClN2. The quantitative estimate of drug-likeness (QED) is 0.698. The van der Waals surface area contributed by atoms with Crippen LogP contribution in [0.2, 0.25) is 5.02 Å². The summed E-state index contributed by atoms with van der Waals surface area (Å²) < 4.78 is 0. The number of nitrogen functional groups attached to an aromatic ring is 1. The normalized spacial score (nSPS) is 16.8.